The summed E-state index contributed by atoms with van der Waals surface area (Å²) < 4.78 is 10.1. The molecule has 100 valence electrons. The summed E-state index contributed by atoms with van der Waals surface area (Å²) in [7, 11) is 3.03. The number of ether oxygens (including phenoxy) is 2. The van der Waals surface area contributed by atoms with Crippen molar-refractivity contribution >= 4 is 5.69 Å². The molecular weight excluding hydrogens is 238 g/mol. The highest BCUT2D eigenvalue weighted by Crippen LogP contribution is 2.32. The maximum absolute atomic E-state index is 11.0. The van der Waals surface area contributed by atoms with Crippen LogP contribution in [0, 0.1) is 10.1 Å². The molecule has 0 bridgehead atoms. The average Bonchev–Trinajstić information content (AvgIpc) is 2.37. The van der Waals surface area contributed by atoms with E-state index < -0.39 is 4.92 Å². The molecule has 0 heterocycles. The maximum Gasteiger partial charge on any atom is 0.273 e. The average molecular weight is 255 g/mol. The van der Waals surface area contributed by atoms with Crippen molar-refractivity contribution < 1.29 is 19.5 Å². The second kappa shape index (κ2) is 6.93. The van der Waals surface area contributed by atoms with Crippen molar-refractivity contribution in [2.75, 3.05) is 27.4 Å². The van der Waals surface area contributed by atoms with Crippen LogP contribution in [0.5, 0.6) is 5.75 Å². The molecule has 6 heteroatoms. The zero-order valence-electron chi connectivity index (χ0n) is 10.5. The third kappa shape index (κ3) is 3.41. The van der Waals surface area contributed by atoms with E-state index in [1.165, 1.54) is 20.3 Å². The summed E-state index contributed by atoms with van der Waals surface area (Å²) in [5.74, 6) is 0.324. The number of aliphatic hydroxyl groups excluding tert-OH is 1. The number of nitrogens with zero attached hydrogens (tertiary/aromatic N) is 1. The maximum atomic E-state index is 11.0. The van der Waals surface area contributed by atoms with Gasteiger partial charge in [-0.2, -0.15) is 0 Å². The molecule has 1 unspecified atom stereocenters. The molecule has 0 fully saturated rings. The zero-order valence-corrected chi connectivity index (χ0v) is 10.5. The number of nitro benzene ring substituents is 1. The van der Waals surface area contributed by atoms with Crippen LogP contribution in [0.25, 0.3) is 0 Å². The lowest BCUT2D eigenvalue weighted by atomic mass is 9.95. The first-order valence-electron chi connectivity index (χ1n) is 5.56. The van der Waals surface area contributed by atoms with Crippen molar-refractivity contribution in [1.29, 1.82) is 0 Å². The summed E-state index contributed by atoms with van der Waals surface area (Å²) in [5.41, 5.74) is 0.543. The molecule has 1 N–H and O–H groups in total. The van der Waals surface area contributed by atoms with Gasteiger partial charge in [-0.1, -0.05) is 0 Å². The Hall–Kier alpha value is -1.66. The molecule has 0 spiro atoms. The molecule has 6 nitrogen and oxygen atoms in total. The van der Waals surface area contributed by atoms with Gasteiger partial charge < -0.3 is 14.6 Å². The van der Waals surface area contributed by atoms with E-state index in [1.54, 1.807) is 12.1 Å². The predicted molar refractivity (Wildman–Crippen MR) is 66.0 cm³/mol. The van der Waals surface area contributed by atoms with Crippen LogP contribution in [0.15, 0.2) is 18.2 Å². The molecule has 0 aliphatic heterocycles. The fourth-order valence-electron chi connectivity index (χ4n) is 1.84. The summed E-state index contributed by atoms with van der Waals surface area (Å²) in [6.45, 7) is 0.261. The molecule has 1 aromatic carbocycles. The molecule has 1 aromatic rings. The van der Waals surface area contributed by atoms with E-state index in [9.17, 15) is 10.1 Å². The van der Waals surface area contributed by atoms with Gasteiger partial charge >= 0.3 is 0 Å². The van der Waals surface area contributed by atoms with Crippen molar-refractivity contribution in [2.24, 2.45) is 0 Å². The van der Waals surface area contributed by atoms with Crippen LogP contribution in [0.3, 0.4) is 0 Å². The second-order valence-electron chi connectivity index (χ2n) is 3.85. The smallest absolute Gasteiger partial charge is 0.273 e. The van der Waals surface area contributed by atoms with Gasteiger partial charge in [0.15, 0.2) is 0 Å². The lowest BCUT2D eigenvalue weighted by Gasteiger charge is -2.16. The van der Waals surface area contributed by atoms with Crippen molar-refractivity contribution in [3.8, 4) is 5.75 Å². The monoisotopic (exact) mass is 255 g/mol. The van der Waals surface area contributed by atoms with Gasteiger partial charge in [-0.05, 0) is 18.6 Å². The van der Waals surface area contributed by atoms with Crippen LogP contribution in [0.4, 0.5) is 5.69 Å². The first-order chi connectivity index (χ1) is 8.63. The van der Waals surface area contributed by atoms with E-state index in [1.807, 2.05) is 0 Å². The minimum atomic E-state index is -0.436. The largest absolute Gasteiger partial charge is 0.497 e. The third-order valence-corrected chi connectivity index (χ3v) is 2.72. The zero-order chi connectivity index (χ0) is 13.5. The Labute approximate surface area is 105 Å². The Balaban J connectivity index is 3.18. The van der Waals surface area contributed by atoms with Gasteiger partial charge in [0.05, 0.1) is 18.6 Å². The lowest BCUT2D eigenvalue weighted by Crippen LogP contribution is -2.11. The molecule has 18 heavy (non-hydrogen) atoms. The fraction of sp³-hybridized carbons (Fsp3) is 0.500. The Morgan fingerprint density at radius 3 is 2.67 bits per heavy atom. The normalized spacial score (nSPS) is 12.2. The standard InChI is InChI=1S/C12H17NO5/c1-17-8-9(5-6-14)11-7-10(18-2)3-4-12(11)13(15)16/h3-4,7,9,14H,5-6,8H2,1-2H3. The minimum Gasteiger partial charge on any atom is -0.497 e. The van der Waals surface area contributed by atoms with Crippen molar-refractivity contribution in [2.45, 2.75) is 12.3 Å². The number of hydrogen-bond acceptors (Lipinski definition) is 5. The predicted octanol–water partition coefficient (Wildman–Crippen LogP) is 1.72. The summed E-state index contributed by atoms with van der Waals surface area (Å²) in [6.07, 6.45) is 0.405. The quantitative estimate of drug-likeness (QED) is 0.592. The summed E-state index contributed by atoms with van der Waals surface area (Å²) in [6, 6.07) is 4.58. The van der Waals surface area contributed by atoms with E-state index in [0.29, 0.717) is 24.3 Å². The number of nitro groups is 1. The Morgan fingerprint density at radius 2 is 2.17 bits per heavy atom. The van der Waals surface area contributed by atoms with Crippen LogP contribution < -0.4 is 4.74 Å². The Bertz CT molecular complexity index is 401. The van der Waals surface area contributed by atoms with Crippen molar-refractivity contribution in [3.05, 3.63) is 33.9 Å². The fourth-order valence-corrected chi connectivity index (χ4v) is 1.84. The molecule has 0 saturated carbocycles. The number of methoxy groups -OCH3 is 2. The summed E-state index contributed by atoms with van der Waals surface area (Å²) in [4.78, 5) is 10.6. The number of aliphatic hydroxyl groups is 1. The van der Waals surface area contributed by atoms with E-state index in [2.05, 4.69) is 0 Å². The van der Waals surface area contributed by atoms with Gasteiger partial charge in [-0.15, -0.1) is 0 Å². The van der Waals surface area contributed by atoms with Crippen LogP contribution in [0.2, 0.25) is 0 Å². The van der Waals surface area contributed by atoms with Crippen molar-refractivity contribution in [3.63, 3.8) is 0 Å². The second-order valence-corrected chi connectivity index (χ2v) is 3.85. The highest BCUT2D eigenvalue weighted by Gasteiger charge is 2.22. The molecule has 1 atom stereocenters. The van der Waals surface area contributed by atoms with E-state index in [0.717, 1.165) is 0 Å². The molecule has 0 aliphatic rings. The highest BCUT2D eigenvalue weighted by molar-refractivity contribution is 5.47. The molecular formula is C12H17NO5. The third-order valence-electron chi connectivity index (χ3n) is 2.72. The molecule has 0 radical (unpaired) electrons. The van der Waals surface area contributed by atoms with E-state index >= 15 is 0 Å². The highest BCUT2D eigenvalue weighted by atomic mass is 16.6. The molecule has 1 rings (SSSR count). The SMILES string of the molecule is COCC(CCO)c1cc(OC)ccc1[N+](=O)[O-]. The number of hydrogen-bond donors (Lipinski definition) is 1. The Morgan fingerprint density at radius 1 is 1.44 bits per heavy atom. The first kappa shape index (κ1) is 14.4. The van der Waals surface area contributed by atoms with Gasteiger partial charge in [-0.3, -0.25) is 10.1 Å². The summed E-state index contributed by atoms with van der Waals surface area (Å²) in [5, 5.41) is 20.0. The van der Waals surface area contributed by atoms with E-state index in [-0.39, 0.29) is 18.2 Å². The molecule has 0 aromatic heterocycles. The van der Waals surface area contributed by atoms with Crippen LogP contribution in [0.1, 0.15) is 17.9 Å². The van der Waals surface area contributed by atoms with Crippen LogP contribution in [-0.2, 0) is 4.74 Å². The topological polar surface area (TPSA) is 81.8 Å². The molecule has 0 aliphatic carbocycles. The molecule has 0 saturated heterocycles. The van der Waals surface area contributed by atoms with Gasteiger partial charge in [0.25, 0.3) is 5.69 Å². The minimum absolute atomic E-state index is 0.0197. The lowest BCUT2D eigenvalue weighted by molar-refractivity contribution is -0.385. The van der Waals surface area contributed by atoms with Crippen molar-refractivity contribution in [1.82, 2.24) is 0 Å². The van der Waals surface area contributed by atoms with Crippen LogP contribution in [-0.4, -0.2) is 37.5 Å². The Kier molecular flexibility index (Phi) is 5.54. The number of rotatable bonds is 7. The van der Waals surface area contributed by atoms with Gasteiger partial charge in [-0.25, -0.2) is 0 Å². The first-order valence-corrected chi connectivity index (χ1v) is 5.56. The van der Waals surface area contributed by atoms with Gasteiger partial charge in [0.2, 0.25) is 0 Å². The van der Waals surface area contributed by atoms with Gasteiger partial charge in [0, 0.05) is 31.3 Å². The van der Waals surface area contributed by atoms with Crippen LogP contribution >= 0.6 is 0 Å². The van der Waals surface area contributed by atoms with E-state index in [4.69, 9.17) is 14.6 Å². The van der Waals surface area contributed by atoms with Gasteiger partial charge in [0.1, 0.15) is 5.75 Å². The molecule has 0 amide bonds. The number of benzene rings is 1. The summed E-state index contributed by atoms with van der Waals surface area (Å²) >= 11 is 0.